The van der Waals surface area contributed by atoms with E-state index in [4.69, 9.17) is 9.52 Å². The molecule has 0 aliphatic rings. The summed E-state index contributed by atoms with van der Waals surface area (Å²) in [5, 5.41) is 13.1. The second-order valence-corrected chi connectivity index (χ2v) is 4.77. The van der Waals surface area contributed by atoms with E-state index in [0.717, 1.165) is 11.9 Å². The number of oxazole rings is 1. The van der Waals surface area contributed by atoms with Gasteiger partial charge in [-0.15, -0.1) is 0 Å². The van der Waals surface area contributed by atoms with Gasteiger partial charge in [0.25, 0.3) is 6.01 Å². The van der Waals surface area contributed by atoms with Crippen molar-refractivity contribution in [1.29, 1.82) is 0 Å². The van der Waals surface area contributed by atoms with E-state index in [-0.39, 0.29) is 11.8 Å². The molecule has 3 aromatic rings. The zero-order chi connectivity index (χ0) is 14.8. The SMILES string of the molecule is Cc1nc(NCCc2c[nH]c3ccccc23)oc1C(=O)O. The number of fused-ring (bicyclic) bond motifs is 1. The van der Waals surface area contributed by atoms with Crippen LogP contribution in [0.3, 0.4) is 0 Å². The zero-order valence-electron chi connectivity index (χ0n) is 11.5. The van der Waals surface area contributed by atoms with Crippen LogP contribution in [0, 0.1) is 6.92 Å². The lowest BCUT2D eigenvalue weighted by Gasteiger charge is -2.01. The van der Waals surface area contributed by atoms with E-state index in [1.807, 2.05) is 24.4 Å². The first-order chi connectivity index (χ1) is 10.1. The lowest BCUT2D eigenvalue weighted by atomic mass is 10.1. The molecule has 6 nitrogen and oxygen atoms in total. The fourth-order valence-corrected chi connectivity index (χ4v) is 2.31. The van der Waals surface area contributed by atoms with E-state index in [2.05, 4.69) is 21.4 Å². The number of rotatable bonds is 5. The van der Waals surface area contributed by atoms with Crippen LogP contribution >= 0.6 is 0 Å². The van der Waals surface area contributed by atoms with Crippen LogP contribution in [0.5, 0.6) is 0 Å². The summed E-state index contributed by atoms with van der Waals surface area (Å²) in [7, 11) is 0. The number of carbonyl (C=O) groups is 1. The number of aromatic carboxylic acids is 1. The normalized spacial score (nSPS) is 10.9. The first-order valence-electron chi connectivity index (χ1n) is 6.65. The van der Waals surface area contributed by atoms with Crippen molar-refractivity contribution in [3.05, 3.63) is 47.5 Å². The second-order valence-electron chi connectivity index (χ2n) is 4.77. The Morgan fingerprint density at radius 3 is 3.00 bits per heavy atom. The molecular formula is C15H15N3O3. The van der Waals surface area contributed by atoms with Crippen molar-refractivity contribution in [2.24, 2.45) is 0 Å². The van der Waals surface area contributed by atoms with Gasteiger partial charge in [0.1, 0.15) is 0 Å². The highest BCUT2D eigenvalue weighted by atomic mass is 16.4. The molecule has 0 fully saturated rings. The number of benzene rings is 1. The number of para-hydroxylation sites is 1. The van der Waals surface area contributed by atoms with Crippen molar-refractivity contribution in [3.63, 3.8) is 0 Å². The average molecular weight is 285 g/mol. The zero-order valence-corrected chi connectivity index (χ0v) is 11.5. The van der Waals surface area contributed by atoms with E-state index >= 15 is 0 Å². The lowest BCUT2D eigenvalue weighted by Crippen LogP contribution is -2.04. The topological polar surface area (TPSA) is 91.2 Å². The van der Waals surface area contributed by atoms with E-state index in [9.17, 15) is 4.79 Å². The van der Waals surface area contributed by atoms with Crippen molar-refractivity contribution in [2.45, 2.75) is 13.3 Å². The van der Waals surface area contributed by atoms with Gasteiger partial charge < -0.3 is 19.8 Å². The molecular weight excluding hydrogens is 270 g/mol. The van der Waals surface area contributed by atoms with Gasteiger partial charge >= 0.3 is 5.97 Å². The molecule has 0 radical (unpaired) electrons. The van der Waals surface area contributed by atoms with Gasteiger partial charge in [0, 0.05) is 23.6 Å². The minimum Gasteiger partial charge on any atom is -0.475 e. The van der Waals surface area contributed by atoms with Crippen molar-refractivity contribution >= 4 is 22.9 Å². The van der Waals surface area contributed by atoms with Crippen LogP contribution in [0.15, 0.2) is 34.9 Å². The van der Waals surface area contributed by atoms with Crippen LogP contribution in [-0.2, 0) is 6.42 Å². The second kappa shape index (κ2) is 5.32. The molecule has 3 N–H and O–H groups in total. The van der Waals surface area contributed by atoms with Gasteiger partial charge in [0.15, 0.2) is 0 Å². The minimum absolute atomic E-state index is 0.121. The highest BCUT2D eigenvalue weighted by Gasteiger charge is 2.15. The molecule has 2 aromatic heterocycles. The lowest BCUT2D eigenvalue weighted by molar-refractivity contribution is 0.0662. The molecule has 21 heavy (non-hydrogen) atoms. The summed E-state index contributed by atoms with van der Waals surface area (Å²) in [6, 6.07) is 8.33. The van der Waals surface area contributed by atoms with Crippen molar-refractivity contribution in [3.8, 4) is 0 Å². The van der Waals surface area contributed by atoms with Crippen molar-refractivity contribution in [1.82, 2.24) is 9.97 Å². The Morgan fingerprint density at radius 1 is 1.43 bits per heavy atom. The summed E-state index contributed by atoms with van der Waals surface area (Å²) >= 11 is 0. The molecule has 0 aliphatic carbocycles. The molecule has 6 heteroatoms. The average Bonchev–Trinajstić information content (AvgIpc) is 3.03. The maximum Gasteiger partial charge on any atom is 0.373 e. The van der Waals surface area contributed by atoms with Gasteiger partial charge in [-0.1, -0.05) is 18.2 Å². The molecule has 0 atom stereocenters. The summed E-state index contributed by atoms with van der Waals surface area (Å²) in [6.45, 7) is 2.22. The molecule has 3 rings (SSSR count). The Bertz CT molecular complexity index is 788. The summed E-state index contributed by atoms with van der Waals surface area (Å²) in [4.78, 5) is 18.1. The number of nitrogens with zero attached hydrogens (tertiary/aromatic N) is 1. The Morgan fingerprint density at radius 2 is 2.24 bits per heavy atom. The maximum absolute atomic E-state index is 10.9. The summed E-state index contributed by atoms with van der Waals surface area (Å²) in [5.74, 6) is -1.23. The van der Waals surface area contributed by atoms with Crippen LogP contribution in [0.1, 0.15) is 21.8 Å². The molecule has 0 amide bonds. The number of aromatic amines is 1. The highest BCUT2D eigenvalue weighted by molar-refractivity contribution is 5.85. The summed E-state index contributed by atoms with van der Waals surface area (Å²) in [6.07, 6.45) is 2.77. The van der Waals surface area contributed by atoms with Gasteiger partial charge in [0.05, 0.1) is 5.69 Å². The third-order valence-electron chi connectivity index (χ3n) is 3.34. The van der Waals surface area contributed by atoms with E-state index in [1.165, 1.54) is 10.9 Å². The maximum atomic E-state index is 10.9. The Hall–Kier alpha value is -2.76. The van der Waals surface area contributed by atoms with Crippen LogP contribution in [0.2, 0.25) is 0 Å². The predicted molar refractivity (Wildman–Crippen MR) is 78.7 cm³/mol. The van der Waals surface area contributed by atoms with Gasteiger partial charge in [-0.05, 0) is 25.0 Å². The Kier molecular flexibility index (Phi) is 3.35. The monoisotopic (exact) mass is 285 g/mol. The molecule has 2 heterocycles. The molecule has 0 spiro atoms. The van der Waals surface area contributed by atoms with Gasteiger partial charge in [-0.25, -0.2) is 4.79 Å². The van der Waals surface area contributed by atoms with Crippen LogP contribution in [0.25, 0.3) is 10.9 Å². The Balaban J connectivity index is 1.66. The van der Waals surface area contributed by atoms with Crippen LogP contribution < -0.4 is 5.32 Å². The van der Waals surface area contributed by atoms with E-state index in [0.29, 0.717) is 12.2 Å². The molecule has 0 bridgehead atoms. The first kappa shape index (κ1) is 13.2. The van der Waals surface area contributed by atoms with Gasteiger partial charge in [-0.3, -0.25) is 0 Å². The number of aryl methyl sites for hydroxylation is 1. The van der Waals surface area contributed by atoms with Crippen LogP contribution in [0.4, 0.5) is 6.01 Å². The fourth-order valence-electron chi connectivity index (χ4n) is 2.31. The number of aromatic nitrogens is 2. The molecule has 0 unspecified atom stereocenters. The number of nitrogens with one attached hydrogen (secondary N) is 2. The highest BCUT2D eigenvalue weighted by Crippen LogP contribution is 2.19. The number of carboxylic acids is 1. The summed E-state index contributed by atoms with van der Waals surface area (Å²) < 4.78 is 5.15. The minimum atomic E-state index is -1.11. The number of hydrogen-bond acceptors (Lipinski definition) is 4. The smallest absolute Gasteiger partial charge is 0.373 e. The molecule has 0 saturated carbocycles. The van der Waals surface area contributed by atoms with Crippen molar-refractivity contribution < 1.29 is 14.3 Å². The molecule has 0 saturated heterocycles. The predicted octanol–water partition coefficient (Wildman–Crippen LogP) is 2.82. The fraction of sp³-hybridized carbons (Fsp3) is 0.200. The van der Waals surface area contributed by atoms with Gasteiger partial charge in [-0.2, -0.15) is 4.98 Å². The van der Waals surface area contributed by atoms with Gasteiger partial charge in [0.2, 0.25) is 5.76 Å². The number of hydrogen-bond donors (Lipinski definition) is 3. The number of H-pyrrole nitrogens is 1. The molecule has 1 aromatic carbocycles. The van der Waals surface area contributed by atoms with E-state index < -0.39 is 5.97 Å². The molecule has 0 aliphatic heterocycles. The third-order valence-corrected chi connectivity index (χ3v) is 3.34. The number of anilines is 1. The largest absolute Gasteiger partial charge is 0.475 e. The summed E-state index contributed by atoms with van der Waals surface area (Å²) in [5.41, 5.74) is 2.67. The third kappa shape index (κ3) is 2.60. The quantitative estimate of drug-likeness (QED) is 0.670. The first-order valence-corrected chi connectivity index (χ1v) is 6.65. The standard InChI is InChI=1S/C15H15N3O3/c1-9-13(14(19)20)21-15(18-9)16-7-6-10-8-17-12-5-3-2-4-11(10)12/h2-5,8,17H,6-7H2,1H3,(H,16,18)(H,19,20). The molecule has 108 valence electrons. The number of carboxylic acid groups (broad SMARTS) is 1. The van der Waals surface area contributed by atoms with Crippen LogP contribution in [-0.4, -0.2) is 27.6 Å². The van der Waals surface area contributed by atoms with E-state index in [1.54, 1.807) is 6.92 Å². The van der Waals surface area contributed by atoms with Crippen molar-refractivity contribution in [2.75, 3.05) is 11.9 Å². The Labute approximate surface area is 120 Å².